The molecule has 0 spiro atoms. The van der Waals surface area contributed by atoms with Gasteiger partial charge in [0.1, 0.15) is 11.3 Å². The molecule has 4 heteroatoms. The molecule has 0 aliphatic carbocycles. The van der Waals surface area contributed by atoms with Gasteiger partial charge in [0.2, 0.25) is 0 Å². The SMILES string of the molecule is CN1CCc2nc3c(F)cccc3c(N)c2C1. The third-order valence-electron chi connectivity index (χ3n) is 3.36. The Morgan fingerprint density at radius 1 is 1.41 bits per heavy atom. The zero-order valence-electron chi connectivity index (χ0n) is 9.70. The van der Waals surface area contributed by atoms with E-state index in [1.165, 1.54) is 6.07 Å². The van der Waals surface area contributed by atoms with E-state index in [9.17, 15) is 4.39 Å². The van der Waals surface area contributed by atoms with Crippen molar-refractivity contribution in [1.29, 1.82) is 0 Å². The molecule has 2 aromatic rings. The fourth-order valence-corrected chi connectivity index (χ4v) is 2.40. The number of pyridine rings is 1. The number of para-hydroxylation sites is 1. The summed E-state index contributed by atoms with van der Waals surface area (Å²) in [5.74, 6) is -0.295. The van der Waals surface area contributed by atoms with Crippen LogP contribution in [0.25, 0.3) is 10.9 Å². The Balaban J connectivity index is 2.33. The summed E-state index contributed by atoms with van der Waals surface area (Å²) in [7, 11) is 2.05. The molecule has 0 saturated heterocycles. The Hall–Kier alpha value is -1.68. The number of nitrogens with two attached hydrogens (primary N) is 1. The van der Waals surface area contributed by atoms with Crippen LogP contribution >= 0.6 is 0 Å². The molecule has 2 N–H and O–H groups in total. The van der Waals surface area contributed by atoms with Crippen LogP contribution in [-0.2, 0) is 13.0 Å². The molecule has 88 valence electrons. The first-order valence-electron chi connectivity index (χ1n) is 5.71. The third kappa shape index (κ3) is 1.56. The Bertz CT molecular complexity index is 595. The number of aromatic nitrogens is 1. The number of nitrogen functional groups attached to an aromatic ring is 1. The van der Waals surface area contributed by atoms with Crippen molar-refractivity contribution in [3.63, 3.8) is 0 Å². The quantitative estimate of drug-likeness (QED) is 0.753. The van der Waals surface area contributed by atoms with Crippen molar-refractivity contribution in [3.8, 4) is 0 Å². The summed E-state index contributed by atoms with van der Waals surface area (Å²) in [6.07, 6.45) is 0.834. The maximum atomic E-state index is 13.7. The van der Waals surface area contributed by atoms with Crippen molar-refractivity contribution in [2.75, 3.05) is 19.3 Å². The predicted octanol–water partition coefficient (Wildman–Crippen LogP) is 1.94. The fourth-order valence-electron chi connectivity index (χ4n) is 2.40. The average molecular weight is 231 g/mol. The van der Waals surface area contributed by atoms with E-state index in [4.69, 9.17) is 5.73 Å². The van der Waals surface area contributed by atoms with Gasteiger partial charge in [0.25, 0.3) is 0 Å². The van der Waals surface area contributed by atoms with E-state index in [2.05, 4.69) is 16.9 Å². The lowest BCUT2D eigenvalue weighted by Crippen LogP contribution is -2.28. The zero-order chi connectivity index (χ0) is 12.0. The number of hydrogen-bond acceptors (Lipinski definition) is 3. The molecule has 2 heterocycles. The number of fused-ring (bicyclic) bond motifs is 2. The molecule has 1 aliphatic rings. The molecule has 0 radical (unpaired) electrons. The van der Waals surface area contributed by atoms with E-state index in [1.807, 2.05) is 6.07 Å². The Morgan fingerprint density at radius 3 is 3.06 bits per heavy atom. The van der Waals surface area contributed by atoms with Crippen LogP contribution in [0.2, 0.25) is 0 Å². The van der Waals surface area contributed by atoms with E-state index >= 15 is 0 Å². The van der Waals surface area contributed by atoms with Gasteiger partial charge in [0.15, 0.2) is 0 Å². The number of likely N-dealkylation sites (N-methyl/N-ethyl adjacent to an activating group) is 1. The summed E-state index contributed by atoms with van der Waals surface area (Å²) in [6.45, 7) is 1.74. The number of rotatable bonds is 0. The molecule has 1 aliphatic heterocycles. The number of hydrogen-bond donors (Lipinski definition) is 1. The molecular formula is C13H14FN3. The van der Waals surface area contributed by atoms with Crippen LogP contribution in [0.4, 0.5) is 10.1 Å². The van der Waals surface area contributed by atoms with Crippen LogP contribution in [0.5, 0.6) is 0 Å². The van der Waals surface area contributed by atoms with E-state index in [0.29, 0.717) is 11.2 Å². The highest BCUT2D eigenvalue weighted by atomic mass is 19.1. The lowest BCUT2D eigenvalue weighted by Gasteiger charge is -2.26. The van der Waals surface area contributed by atoms with E-state index < -0.39 is 0 Å². The van der Waals surface area contributed by atoms with Gasteiger partial charge in [0.05, 0.1) is 0 Å². The minimum absolute atomic E-state index is 0.295. The van der Waals surface area contributed by atoms with Crippen LogP contribution in [-0.4, -0.2) is 23.5 Å². The van der Waals surface area contributed by atoms with Crippen molar-refractivity contribution in [3.05, 3.63) is 35.3 Å². The molecule has 0 fully saturated rings. The van der Waals surface area contributed by atoms with Crippen LogP contribution in [0, 0.1) is 5.82 Å². The van der Waals surface area contributed by atoms with Gasteiger partial charge in [0, 0.05) is 41.8 Å². The molecule has 0 amide bonds. The monoisotopic (exact) mass is 231 g/mol. The van der Waals surface area contributed by atoms with Gasteiger partial charge in [-0.2, -0.15) is 0 Å². The molecule has 17 heavy (non-hydrogen) atoms. The fraction of sp³-hybridized carbons (Fsp3) is 0.308. The number of halogens is 1. The molecular weight excluding hydrogens is 217 g/mol. The predicted molar refractivity (Wildman–Crippen MR) is 66.2 cm³/mol. The normalized spacial score (nSPS) is 16.1. The molecule has 3 nitrogen and oxygen atoms in total. The number of nitrogens with zero attached hydrogens (tertiary/aromatic N) is 2. The maximum Gasteiger partial charge on any atom is 0.149 e. The molecule has 1 aromatic heterocycles. The van der Waals surface area contributed by atoms with Gasteiger partial charge in [-0.25, -0.2) is 9.37 Å². The van der Waals surface area contributed by atoms with Gasteiger partial charge in [-0.3, -0.25) is 0 Å². The van der Waals surface area contributed by atoms with Crippen molar-refractivity contribution >= 4 is 16.6 Å². The lowest BCUT2D eigenvalue weighted by atomic mass is 10.0. The second kappa shape index (κ2) is 3.67. The summed E-state index contributed by atoms with van der Waals surface area (Å²) < 4.78 is 13.7. The van der Waals surface area contributed by atoms with E-state index in [1.54, 1.807) is 6.07 Å². The van der Waals surface area contributed by atoms with Gasteiger partial charge in [-0.15, -0.1) is 0 Å². The van der Waals surface area contributed by atoms with Crippen molar-refractivity contribution < 1.29 is 4.39 Å². The number of benzene rings is 1. The van der Waals surface area contributed by atoms with E-state index in [-0.39, 0.29) is 5.82 Å². The van der Waals surface area contributed by atoms with Crippen LogP contribution in [0.1, 0.15) is 11.3 Å². The first-order valence-corrected chi connectivity index (χ1v) is 5.71. The Morgan fingerprint density at radius 2 is 2.24 bits per heavy atom. The van der Waals surface area contributed by atoms with Crippen LogP contribution < -0.4 is 5.73 Å². The summed E-state index contributed by atoms with van der Waals surface area (Å²) in [6, 6.07) is 4.93. The smallest absolute Gasteiger partial charge is 0.149 e. The van der Waals surface area contributed by atoms with Gasteiger partial charge >= 0.3 is 0 Å². The van der Waals surface area contributed by atoms with Crippen LogP contribution in [0.3, 0.4) is 0 Å². The zero-order valence-corrected chi connectivity index (χ0v) is 9.70. The highest BCUT2D eigenvalue weighted by Gasteiger charge is 2.20. The molecule has 1 aromatic carbocycles. The maximum absolute atomic E-state index is 13.7. The van der Waals surface area contributed by atoms with Crippen molar-refractivity contribution in [2.45, 2.75) is 13.0 Å². The first kappa shape index (κ1) is 10.5. The standard InChI is InChI=1S/C13H14FN3/c1-17-6-5-11-9(7-17)12(15)8-3-2-4-10(14)13(8)16-11/h2-4H,5-7H2,1H3,(H2,15,16). The summed E-state index contributed by atoms with van der Waals surface area (Å²) in [4.78, 5) is 6.63. The van der Waals surface area contributed by atoms with Crippen molar-refractivity contribution in [2.24, 2.45) is 0 Å². The Labute approximate surface area is 99.1 Å². The van der Waals surface area contributed by atoms with Gasteiger partial charge in [-0.05, 0) is 13.1 Å². The molecule has 3 rings (SSSR count). The third-order valence-corrected chi connectivity index (χ3v) is 3.36. The minimum atomic E-state index is -0.295. The molecule has 0 atom stereocenters. The van der Waals surface area contributed by atoms with Crippen LogP contribution in [0.15, 0.2) is 18.2 Å². The van der Waals surface area contributed by atoms with Gasteiger partial charge < -0.3 is 10.6 Å². The second-order valence-electron chi connectivity index (χ2n) is 4.57. The summed E-state index contributed by atoms with van der Waals surface area (Å²) in [5.41, 5.74) is 9.21. The highest BCUT2D eigenvalue weighted by molar-refractivity contribution is 5.92. The molecule has 0 saturated carbocycles. The second-order valence-corrected chi connectivity index (χ2v) is 4.57. The summed E-state index contributed by atoms with van der Waals surface area (Å²) in [5, 5.41) is 0.721. The largest absolute Gasteiger partial charge is 0.398 e. The highest BCUT2D eigenvalue weighted by Crippen LogP contribution is 2.30. The molecule has 0 unspecified atom stereocenters. The van der Waals surface area contributed by atoms with Gasteiger partial charge in [-0.1, -0.05) is 12.1 Å². The van der Waals surface area contributed by atoms with Crippen molar-refractivity contribution in [1.82, 2.24) is 9.88 Å². The number of anilines is 1. The first-order chi connectivity index (χ1) is 8.16. The Kier molecular flexibility index (Phi) is 2.26. The molecule has 0 bridgehead atoms. The minimum Gasteiger partial charge on any atom is -0.398 e. The van der Waals surface area contributed by atoms with E-state index in [0.717, 1.165) is 36.2 Å². The average Bonchev–Trinajstić information content (AvgIpc) is 2.32. The topological polar surface area (TPSA) is 42.2 Å². The summed E-state index contributed by atoms with van der Waals surface area (Å²) >= 11 is 0. The lowest BCUT2D eigenvalue weighted by molar-refractivity contribution is 0.311.